The van der Waals surface area contributed by atoms with Crippen molar-refractivity contribution >= 4 is 5.91 Å². The number of carbonyl (C=O) groups excluding carboxylic acids is 1. The van der Waals surface area contributed by atoms with Gasteiger partial charge in [-0.25, -0.2) is 0 Å². The third-order valence-electron chi connectivity index (χ3n) is 4.86. The van der Waals surface area contributed by atoms with Crippen molar-refractivity contribution in [1.82, 2.24) is 10.2 Å². The van der Waals surface area contributed by atoms with Crippen LogP contribution in [0.15, 0.2) is 24.3 Å². The fraction of sp³-hybridized carbons (Fsp3) is 0.611. The summed E-state index contributed by atoms with van der Waals surface area (Å²) in [6.45, 7) is 6.76. The normalized spacial score (nSPS) is 24.7. The van der Waals surface area contributed by atoms with Crippen LogP contribution in [-0.2, 0) is 0 Å². The molecule has 4 heteroatoms. The Labute approximate surface area is 132 Å². The predicted octanol–water partition coefficient (Wildman–Crippen LogP) is 2.55. The molecule has 0 aromatic heterocycles. The number of fused-ring (bicyclic) bond motifs is 1. The number of nitrogens with zero attached hydrogens (tertiary/aromatic N) is 1. The molecule has 0 saturated carbocycles. The Hall–Kier alpha value is -1.55. The van der Waals surface area contributed by atoms with Crippen molar-refractivity contribution in [3.63, 3.8) is 0 Å². The molecule has 2 atom stereocenters. The minimum atomic E-state index is 0.148. The van der Waals surface area contributed by atoms with Crippen LogP contribution >= 0.6 is 0 Å². The summed E-state index contributed by atoms with van der Waals surface area (Å²) in [6.07, 6.45) is 3.21. The highest BCUT2D eigenvalue weighted by molar-refractivity contribution is 5.94. The van der Waals surface area contributed by atoms with Crippen LogP contribution in [0.5, 0.6) is 5.75 Å². The van der Waals surface area contributed by atoms with Gasteiger partial charge in [0, 0.05) is 18.7 Å². The standard InChI is InChI=1S/C18H26N2O2/c1-2-10-22-17-5-3-4-14(11-17)18(21)20-8-6-15-12-19-13-16(15)7-9-20/h3-5,11,15-16,19H,2,6-10,12-13H2,1H3/t15-,16+. The van der Waals surface area contributed by atoms with Gasteiger partial charge in [0.2, 0.25) is 0 Å². The zero-order valence-corrected chi connectivity index (χ0v) is 13.4. The van der Waals surface area contributed by atoms with Crippen LogP contribution in [0.1, 0.15) is 36.5 Å². The number of hydrogen-bond donors (Lipinski definition) is 1. The first-order chi connectivity index (χ1) is 10.8. The molecule has 22 heavy (non-hydrogen) atoms. The molecule has 0 radical (unpaired) electrons. The highest BCUT2D eigenvalue weighted by atomic mass is 16.5. The lowest BCUT2D eigenvalue weighted by Gasteiger charge is -2.21. The maximum Gasteiger partial charge on any atom is 0.253 e. The summed E-state index contributed by atoms with van der Waals surface area (Å²) in [4.78, 5) is 14.8. The first-order valence-corrected chi connectivity index (χ1v) is 8.50. The number of hydrogen-bond acceptors (Lipinski definition) is 3. The number of ether oxygens (including phenoxy) is 1. The van der Waals surface area contributed by atoms with E-state index in [4.69, 9.17) is 4.74 Å². The molecular formula is C18H26N2O2. The van der Waals surface area contributed by atoms with Crippen molar-refractivity contribution in [1.29, 1.82) is 0 Å². The molecule has 0 aliphatic carbocycles. The second-order valence-electron chi connectivity index (χ2n) is 6.42. The minimum absolute atomic E-state index is 0.148. The Morgan fingerprint density at radius 3 is 2.68 bits per heavy atom. The smallest absolute Gasteiger partial charge is 0.253 e. The summed E-state index contributed by atoms with van der Waals surface area (Å²) >= 11 is 0. The number of likely N-dealkylation sites (tertiary alicyclic amines) is 1. The molecule has 2 aliphatic heterocycles. The maximum absolute atomic E-state index is 12.8. The van der Waals surface area contributed by atoms with Gasteiger partial charge in [-0.15, -0.1) is 0 Å². The first kappa shape index (κ1) is 15.3. The van der Waals surface area contributed by atoms with E-state index in [2.05, 4.69) is 12.2 Å². The van der Waals surface area contributed by atoms with Crippen LogP contribution in [0, 0.1) is 11.8 Å². The summed E-state index contributed by atoms with van der Waals surface area (Å²) in [7, 11) is 0. The molecule has 1 N–H and O–H groups in total. The number of nitrogens with one attached hydrogen (secondary N) is 1. The molecule has 0 unspecified atom stereocenters. The second-order valence-corrected chi connectivity index (χ2v) is 6.42. The van der Waals surface area contributed by atoms with E-state index < -0.39 is 0 Å². The lowest BCUT2D eigenvalue weighted by atomic mass is 9.92. The fourth-order valence-corrected chi connectivity index (χ4v) is 3.54. The molecule has 0 bridgehead atoms. The molecule has 2 heterocycles. The predicted molar refractivity (Wildman–Crippen MR) is 87.2 cm³/mol. The van der Waals surface area contributed by atoms with Crippen LogP contribution in [0.25, 0.3) is 0 Å². The van der Waals surface area contributed by atoms with Gasteiger partial charge in [0.15, 0.2) is 0 Å². The second kappa shape index (κ2) is 7.14. The summed E-state index contributed by atoms with van der Waals surface area (Å²) in [5.41, 5.74) is 0.749. The van der Waals surface area contributed by atoms with Crippen molar-refractivity contribution in [3.05, 3.63) is 29.8 Å². The van der Waals surface area contributed by atoms with E-state index in [1.807, 2.05) is 29.2 Å². The largest absolute Gasteiger partial charge is 0.494 e. The highest BCUT2D eigenvalue weighted by Gasteiger charge is 2.31. The molecule has 3 rings (SSSR count). The third kappa shape index (κ3) is 3.43. The fourth-order valence-electron chi connectivity index (χ4n) is 3.54. The van der Waals surface area contributed by atoms with Crippen molar-refractivity contribution in [2.45, 2.75) is 26.2 Å². The van der Waals surface area contributed by atoms with Crippen molar-refractivity contribution in [3.8, 4) is 5.75 Å². The Morgan fingerprint density at radius 1 is 1.27 bits per heavy atom. The molecule has 2 fully saturated rings. The summed E-state index contributed by atoms with van der Waals surface area (Å²) in [5.74, 6) is 2.44. The lowest BCUT2D eigenvalue weighted by molar-refractivity contribution is 0.0758. The van der Waals surface area contributed by atoms with Gasteiger partial charge < -0.3 is 15.0 Å². The molecule has 1 aromatic carbocycles. The number of rotatable bonds is 4. The monoisotopic (exact) mass is 302 g/mol. The van der Waals surface area contributed by atoms with Gasteiger partial charge in [-0.3, -0.25) is 4.79 Å². The Morgan fingerprint density at radius 2 is 2.00 bits per heavy atom. The van der Waals surface area contributed by atoms with Crippen LogP contribution in [-0.4, -0.2) is 43.6 Å². The zero-order chi connectivity index (χ0) is 15.4. The Balaban J connectivity index is 1.65. The van der Waals surface area contributed by atoms with Gasteiger partial charge in [-0.1, -0.05) is 13.0 Å². The van der Waals surface area contributed by atoms with E-state index in [0.29, 0.717) is 6.61 Å². The maximum atomic E-state index is 12.8. The van der Waals surface area contributed by atoms with Crippen LogP contribution in [0.4, 0.5) is 0 Å². The van der Waals surface area contributed by atoms with Crippen LogP contribution < -0.4 is 10.1 Å². The van der Waals surface area contributed by atoms with Crippen molar-refractivity contribution in [2.24, 2.45) is 11.8 Å². The SMILES string of the molecule is CCCOc1cccc(C(=O)N2CC[C@@H]3CNC[C@@H]3CC2)c1. The van der Waals surface area contributed by atoms with Gasteiger partial charge in [0.25, 0.3) is 5.91 Å². The molecule has 0 spiro atoms. The Kier molecular flexibility index (Phi) is 4.98. The molecule has 1 aromatic rings. The number of carbonyl (C=O) groups is 1. The van der Waals surface area contributed by atoms with Gasteiger partial charge >= 0.3 is 0 Å². The minimum Gasteiger partial charge on any atom is -0.494 e. The first-order valence-electron chi connectivity index (χ1n) is 8.50. The van der Waals surface area contributed by atoms with E-state index in [1.165, 1.54) is 0 Å². The van der Waals surface area contributed by atoms with E-state index in [0.717, 1.165) is 68.6 Å². The van der Waals surface area contributed by atoms with E-state index in [9.17, 15) is 4.79 Å². The Bertz CT molecular complexity index is 504. The number of amides is 1. The van der Waals surface area contributed by atoms with Crippen LogP contribution in [0.3, 0.4) is 0 Å². The summed E-state index contributed by atoms with van der Waals surface area (Å²) < 4.78 is 5.64. The van der Waals surface area contributed by atoms with Crippen molar-refractivity contribution < 1.29 is 9.53 Å². The highest BCUT2D eigenvalue weighted by Crippen LogP contribution is 2.28. The number of benzene rings is 1. The molecule has 2 aliphatic rings. The summed E-state index contributed by atoms with van der Waals surface area (Å²) in [6, 6.07) is 7.61. The lowest BCUT2D eigenvalue weighted by Crippen LogP contribution is -2.32. The molecule has 1 amide bonds. The van der Waals surface area contributed by atoms with E-state index in [1.54, 1.807) is 0 Å². The quantitative estimate of drug-likeness (QED) is 0.929. The molecule has 120 valence electrons. The third-order valence-corrected chi connectivity index (χ3v) is 4.86. The molecule has 4 nitrogen and oxygen atoms in total. The van der Waals surface area contributed by atoms with Gasteiger partial charge in [0.1, 0.15) is 5.75 Å². The van der Waals surface area contributed by atoms with Gasteiger partial charge in [-0.05, 0) is 62.4 Å². The summed E-state index contributed by atoms with van der Waals surface area (Å²) in [5, 5.41) is 3.47. The van der Waals surface area contributed by atoms with Gasteiger partial charge in [0.05, 0.1) is 6.61 Å². The van der Waals surface area contributed by atoms with Gasteiger partial charge in [-0.2, -0.15) is 0 Å². The van der Waals surface area contributed by atoms with Crippen LogP contribution in [0.2, 0.25) is 0 Å². The van der Waals surface area contributed by atoms with E-state index in [-0.39, 0.29) is 5.91 Å². The zero-order valence-electron chi connectivity index (χ0n) is 13.4. The van der Waals surface area contributed by atoms with Crippen molar-refractivity contribution in [2.75, 3.05) is 32.8 Å². The topological polar surface area (TPSA) is 41.6 Å². The molecular weight excluding hydrogens is 276 g/mol. The average Bonchev–Trinajstić information content (AvgIpc) is 2.91. The average molecular weight is 302 g/mol. The molecule has 2 saturated heterocycles. The van der Waals surface area contributed by atoms with E-state index >= 15 is 0 Å².